The summed E-state index contributed by atoms with van der Waals surface area (Å²) in [5, 5.41) is 10.4. The first-order valence-corrected chi connectivity index (χ1v) is 12.8. The lowest BCUT2D eigenvalue weighted by molar-refractivity contribution is -0.139. The summed E-state index contributed by atoms with van der Waals surface area (Å²) in [4.78, 5) is 77.3. The predicted molar refractivity (Wildman–Crippen MR) is 144 cm³/mol. The van der Waals surface area contributed by atoms with Crippen LogP contribution in [0.25, 0.3) is 0 Å². The van der Waals surface area contributed by atoms with Crippen LogP contribution in [-0.4, -0.2) is 79.7 Å². The average Bonchev–Trinajstić information content (AvgIpc) is 3.18. The van der Waals surface area contributed by atoms with Gasteiger partial charge in [0.2, 0.25) is 17.6 Å². The van der Waals surface area contributed by atoms with Crippen LogP contribution in [0.4, 0.5) is 10.5 Å². The molecule has 214 valence electrons. The largest absolute Gasteiger partial charge is 0.453 e. The number of carbonyl (C=O) groups excluding carboxylic acids is 6. The molecule has 0 aromatic heterocycles. The first-order valence-electron chi connectivity index (χ1n) is 12.4. The fourth-order valence-electron chi connectivity index (χ4n) is 4.60. The van der Waals surface area contributed by atoms with E-state index in [-0.39, 0.29) is 34.6 Å². The van der Waals surface area contributed by atoms with Crippen LogP contribution in [0.2, 0.25) is 5.02 Å². The van der Waals surface area contributed by atoms with E-state index in [0.717, 1.165) is 4.90 Å². The van der Waals surface area contributed by atoms with Crippen molar-refractivity contribution < 1.29 is 33.5 Å². The first-order chi connectivity index (χ1) is 18.1. The Balaban J connectivity index is 2.38. The van der Waals surface area contributed by atoms with E-state index in [0.29, 0.717) is 6.42 Å². The summed E-state index contributed by atoms with van der Waals surface area (Å²) in [5.74, 6) is -4.09. The lowest BCUT2D eigenvalue weighted by atomic mass is 9.85. The number of nitrogens with one attached hydrogen (secondary N) is 4. The highest BCUT2D eigenvalue weighted by Gasteiger charge is 2.39. The van der Waals surface area contributed by atoms with Crippen LogP contribution in [0, 0.1) is 11.3 Å². The van der Waals surface area contributed by atoms with Crippen molar-refractivity contribution in [1.82, 2.24) is 20.9 Å². The normalized spacial score (nSPS) is 18.3. The molecule has 1 heterocycles. The van der Waals surface area contributed by atoms with E-state index < -0.39 is 53.0 Å². The van der Waals surface area contributed by atoms with Gasteiger partial charge in [-0.1, -0.05) is 32.4 Å². The second kappa shape index (κ2) is 12.9. The molecule has 1 fully saturated rings. The van der Waals surface area contributed by atoms with Gasteiger partial charge in [0.05, 0.1) is 24.4 Å². The van der Waals surface area contributed by atoms with E-state index in [1.807, 2.05) is 6.92 Å². The van der Waals surface area contributed by atoms with E-state index in [1.165, 1.54) is 39.4 Å². The van der Waals surface area contributed by atoms with Gasteiger partial charge in [0, 0.05) is 31.1 Å². The molecule has 1 saturated heterocycles. The molecule has 0 aliphatic carbocycles. The Hall–Kier alpha value is -3.67. The van der Waals surface area contributed by atoms with E-state index in [9.17, 15) is 28.8 Å². The lowest BCUT2D eigenvalue weighted by Crippen LogP contribution is -2.52. The van der Waals surface area contributed by atoms with Crippen molar-refractivity contribution in [1.29, 1.82) is 0 Å². The van der Waals surface area contributed by atoms with E-state index in [4.69, 9.17) is 16.3 Å². The number of anilines is 1. The molecule has 0 saturated carbocycles. The highest BCUT2D eigenvalue weighted by atomic mass is 35.5. The van der Waals surface area contributed by atoms with Crippen LogP contribution in [-0.2, 0) is 23.9 Å². The van der Waals surface area contributed by atoms with Crippen molar-refractivity contribution in [3.8, 4) is 0 Å². The number of ether oxygens (including phenoxy) is 1. The third-order valence-electron chi connectivity index (χ3n) is 6.39. The molecule has 2 rings (SSSR count). The maximum Gasteiger partial charge on any atom is 0.409 e. The number of carbonyl (C=O) groups is 6. The highest BCUT2D eigenvalue weighted by Crippen LogP contribution is 2.28. The summed E-state index contributed by atoms with van der Waals surface area (Å²) in [5.41, 5.74) is -0.734. The molecule has 1 aliphatic rings. The van der Waals surface area contributed by atoms with Crippen LogP contribution < -0.4 is 21.3 Å². The molecule has 1 aliphatic heterocycles. The Morgan fingerprint density at radius 2 is 1.85 bits per heavy atom. The predicted octanol–water partition coefficient (Wildman–Crippen LogP) is 1.72. The number of nitrogens with zero attached hydrogens (tertiary/aromatic N) is 1. The van der Waals surface area contributed by atoms with Crippen molar-refractivity contribution in [2.24, 2.45) is 11.3 Å². The summed E-state index contributed by atoms with van der Waals surface area (Å²) in [6.45, 7) is 7.11. The van der Waals surface area contributed by atoms with Gasteiger partial charge in [-0.25, -0.2) is 4.79 Å². The Labute approximate surface area is 232 Å². The van der Waals surface area contributed by atoms with Gasteiger partial charge in [0.1, 0.15) is 6.04 Å². The van der Waals surface area contributed by atoms with Crippen LogP contribution in [0.5, 0.6) is 0 Å². The van der Waals surface area contributed by atoms with Crippen molar-refractivity contribution >= 4 is 52.8 Å². The smallest absolute Gasteiger partial charge is 0.409 e. The molecule has 1 aromatic rings. The summed E-state index contributed by atoms with van der Waals surface area (Å²) in [6.07, 6.45) is -0.376. The Bertz CT molecular complexity index is 1150. The van der Waals surface area contributed by atoms with Gasteiger partial charge in [-0.2, -0.15) is 0 Å². The second-order valence-corrected chi connectivity index (χ2v) is 11.0. The Morgan fingerprint density at radius 3 is 2.36 bits per heavy atom. The molecular formula is C26H36ClN5O7. The molecule has 0 bridgehead atoms. The van der Waals surface area contributed by atoms with Crippen molar-refractivity contribution in [3.05, 3.63) is 28.8 Å². The standard InChI is InChI=1S/C26H36ClN5O7/c1-13-10-14(21(34)29-13)11-18(19(33)23(36)28-5)31-22(35)16-12-15(27)8-9-17(16)30-24(37)20(26(2,3)4)32(6)25(38)39-7/h8-9,12-14,18,20H,10-11H2,1-7H3,(H,28,36)(H,29,34)(H,30,37)(H,31,35)/t13-,14+,18+,20-/m1/s1. The first kappa shape index (κ1) is 31.5. The molecule has 4 atom stereocenters. The minimum absolute atomic E-state index is 0.0628. The highest BCUT2D eigenvalue weighted by molar-refractivity contribution is 6.38. The molecule has 0 radical (unpaired) electrons. The van der Waals surface area contributed by atoms with Crippen LogP contribution in [0.15, 0.2) is 18.2 Å². The number of likely N-dealkylation sites (N-methyl/N-ethyl adjacent to an activating group) is 2. The Morgan fingerprint density at radius 1 is 1.21 bits per heavy atom. The fraction of sp³-hybridized carbons (Fsp3) is 0.538. The maximum absolute atomic E-state index is 13.4. The number of benzene rings is 1. The molecule has 0 unspecified atom stereocenters. The summed E-state index contributed by atoms with van der Waals surface area (Å²) in [7, 11) is 3.90. The van der Waals surface area contributed by atoms with Gasteiger partial charge in [-0.05, 0) is 43.4 Å². The minimum Gasteiger partial charge on any atom is -0.453 e. The zero-order chi connectivity index (χ0) is 29.7. The van der Waals surface area contributed by atoms with E-state index in [1.54, 1.807) is 20.8 Å². The van der Waals surface area contributed by atoms with Crippen molar-refractivity contribution in [3.63, 3.8) is 0 Å². The fourth-order valence-corrected chi connectivity index (χ4v) is 4.78. The number of halogens is 1. The van der Waals surface area contributed by atoms with Crippen molar-refractivity contribution in [2.45, 2.75) is 58.7 Å². The second-order valence-electron chi connectivity index (χ2n) is 10.6. The zero-order valence-electron chi connectivity index (χ0n) is 23.1. The summed E-state index contributed by atoms with van der Waals surface area (Å²) >= 11 is 6.14. The third-order valence-corrected chi connectivity index (χ3v) is 6.63. The number of rotatable bonds is 9. The Kier molecular flexibility index (Phi) is 10.5. The third kappa shape index (κ3) is 7.92. The SMILES string of the molecule is CNC(=O)C(=O)[C@H](C[C@@H]1C[C@@H](C)NC1=O)NC(=O)c1cc(Cl)ccc1NC(=O)[C@@H](N(C)C(=O)OC)C(C)(C)C. The number of ketones is 1. The number of hydrogen-bond acceptors (Lipinski definition) is 7. The summed E-state index contributed by atoms with van der Waals surface area (Å²) < 4.78 is 4.76. The molecule has 5 amide bonds. The molecular weight excluding hydrogens is 530 g/mol. The van der Waals surface area contributed by atoms with Crippen LogP contribution in [0.3, 0.4) is 0 Å². The average molecular weight is 566 g/mol. The molecule has 4 N–H and O–H groups in total. The van der Waals surface area contributed by atoms with Gasteiger partial charge >= 0.3 is 6.09 Å². The molecule has 12 nitrogen and oxygen atoms in total. The minimum atomic E-state index is -1.31. The molecule has 1 aromatic carbocycles. The molecule has 13 heteroatoms. The maximum atomic E-state index is 13.4. The lowest BCUT2D eigenvalue weighted by Gasteiger charge is -2.35. The van der Waals surface area contributed by atoms with Gasteiger partial charge in [0.15, 0.2) is 0 Å². The van der Waals surface area contributed by atoms with E-state index in [2.05, 4.69) is 21.3 Å². The monoisotopic (exact) mass is 565 g/mol. The number of hydrogen-bond donors (Lipinski definition) is 4. The van der Waals surface area contributed by atoms with Gasteiger partial charge < -0.3 is 26.0 Å². The number of methoxy groups -OCH3 is 1. The van der Waals surface area contributed by atoms with Gasteiger partial charge in [0.25, 0.3) is 11.8 Å². The van der Waals surface area contributed by atoms with E-state index >= 15 is 0 Å². The van der Waals surface area contributed by atoms with Gasteiger partial charge in [-0.3, -0.25) is 28.9 Å². The van der Waals surface area contributed by atoms with Crippen LogP contribution in [0.1, 0.15) is 50.9 Å². The van der Waals surface area contributed by atoms with Crippen LogP contribution >= 0.6 is 11.6 Å². The number of Topliss-reactive ketones (excluding diaryl/α,β-unsaturated/α-hetero) is 1. The zero-order valence-corrected chi connectivity index (χ0v) is 23.9. The number of amides is 5. The summed E-state index contributed by atoms with van der Waals surface area (Å²) in [6, 6.07) is 1.77. The quantitative estimate of drug-likeness (QED) is 0.331. The van der Waals surface area contributed by atoms with Crippen molar-refractivity contribution in [2.75, 3.05) is 26.5 Å². The molecule has 0 spiro atoms. The molecule has 39 heavy (non-hydrogen) atoms. The topological polar surface area (TPSA) is 163 Å². The van der Waals surface area contributed by atoms with Gasteiger partial charge in [-0.15, -0.1) is 0 Å².